The molecule has 0 amide bonds. The molecular formula is C17H15F3O. The van der Waals surface area contributed by atoms with E-state index >= 15 is 0 Å². The number of hydrogen-bond acceptors (Lipinski definition) is 1. The lowest BCUT2D eigenvalue weighted by molar-refractivity contribution is -0.137. The first kappa shape index (κ1) is 15.3. The van der Waals surface area contributed by atoms with Crippen molar-refractivity contribution in [3.05, 3.63) is 77.4 Å². The molecule has 1 unspecified atom stereocenters. The van der Waals surface area contributed by atoms with Gasteiger partial charge in [-0.2, -0.15) is 13.2 Å². The Hall–Kier alpha value is -2.07. The minimum atomic E-state index is -4.42. The van der Waals surface area contributed by atoms with Crippen LogP contribution in [0.1, 0.15) is 23.6 Å². The molecular weight excluding hydrogens is 277 g/mol. The third-order valence-corrected chi connectivity index (χ3v) is 3.17. The molecule has 4 heteroatoms. The molecule has 2 aromatic rings. The molecule has 0 bridgehead atoms. The van der Waals surface area contributed by atoms with Crippen LogP contribution < -0.4 is 0 Å². The molecule has 1 nitrogen and oxygen atoms in total. The normalized spacial score (nSPS) is 15.1. The molecule has 0 aliphatic carbocycles. The van der Waals surface area contributed by atoms with E-state index in [2.05, 4.69) is 0 Å². The molecule has 0 fully saturated rings. The topological polar surface area (TPSA) is 20.2 Å². The van der Waals surface area contributed by atoms with E-state index in [4.69, 9.17) is 0 Å². The molecule has 0 heterocycles. The molecule has 0 aromatic heterocycles. The van der Waals surface area contributed by atoms with Gasteiger partial charge in [0, 0.05) is 0 Å². The standard InChI is InChI=1S/C17H15F3O/c1-16(21,11-10-13-6-3-2-4-7-13)14-8-5-9-15(12-14)17(18,19)20/h2-12,21H,1H3/b11-10+. The van der Waals surface area contributed by atoms with Crippen LogP contribution in [-0.2, 0) is 11.8 Å². The molecule has 0 saturated carbocycles. The van der Waals surface area contributed by atoms with E-state index in [9.17, 15) is 18.3 Å². The van der Waals surface area contributed by atoms with Crippen molar-refractivity contribution < 1.29 is 18.3 Å². The van der Waals surface area contributed by atoms with Gasteiger partial charge in [-0.25, -0.2) is 0 Å². The summed E-state index contributed by atoms with van der Waals surface area (Å²) < 4.78 is 38.1. The molecule has 2 rings (SSSR count). The Labute approximate surface area is 121 Å². The Morgan fingerprint density at radius 3 is 2.14 bits per heavy atom. The van der Waals surface area contributed by atoms with Gasteiger partial charge in [0.2, 0.25) is 0 Å². The van der Waals surface area contributed by atoms with Crippen molar-refractivity contribution in [3.8, 4) is 0 Å². The van der Waals surface area contributed by atoms with Gasteiger partial charge in [-0.3, -0.25) is 0 Å². The smallest absolute Gasteiger partial charge is 0.381 e. The average molecular weight is 292 g/mol. The maximum atomic E-state index is 12.7. The lowest BCUT2D eigenvalue weighted by Crippen LogP contribution is -2.18. The molecule has 0 aliphatic rings. The fourth-order valence-electron chi connectivity index (χ4n) is 1.93. The Balaban J connectivity index is 2.29. The van der Waals surface area contributed by atoms with Gasteiger partial charge in [0.1, 0.15) is 5.60 Å². The largest absolute Gasteiger partial charge is 0.416 e. The summed E-state index contributed by atoms with van der Waals surface area (Å²) in [6, 6.07) is 14.0. The van der Waals surface area contributed by atoms with Gasteiger partial charge in [0.05, 0.1) is 5.56 Å². The quantitative estimate of drug-likeness (QED) is 0.874. The highest BCUT2D eigenvalue weighted by molar-refractivity contribution is 5.51. The Bertz CT molecular complexity index is 628. The van der Waals surface area contributed by atoms with Crippen LogP contribution in [0.2, 0.25) is 0 Å². The SMILES string of the molecule is CC(O)(/C=C/c1ccccc1)c1cccc(C(F)(F)F)c1. The minimum absolute atomic E-state index is 0.199. The van der Waals surface area contributed by atoms with E-state index < -0.39 is 17.3 Å². The van der Waals surface area contributed by atoms with Crippen LogP contribution in [0.15, 0.2) is 60.7 Å². The lowest BCUT2D eigenvalue weighted by atomic mass is 9.93. The van der Waals surface area contributed by atoms with E-state index in [1.807, 2.05) is 30.3 Å². The molecule has 1 N–H and O–H groups in total. The molecule has 110 valence electrons. The Kier molecular flexibility index (Phi) is 4.19. The first-order valence-electron chi connectivity index (χ1n) is 6.43. The van der Waals surface area contributed by atoms with Gasteiger partial charge in [0.25, 0.3) is 0 Å². The second-order valence-corrected chi connectivity index (χ2v) is 4.97. The van der Waals surface area contributed by atoms with E-state index in [0.29, 0.717) is 0 Å². The van der Waals surface area contributed by atoms with Crippen molar-refractivity contribution >= 4 is 6.08 Å². The minimum Gasteiger partial charge on any atom is -0.381 e. The maximum Gasteiger partial charge on any atom is 0.416 e. The highest BCUT2D eigenvalue weighted by Gasteiger charge is 2.32. The van der Waals surface area contributed by atoms with Gasteiger partial charge in [-0.05, 0) is 36.3 Å². The van der Waals surface area contributed by atoms with E-state index in [0.717, 1.165) is 17.7 Å². The van der Waals surface area contributed by atoms with E-state index in [-0.39, 0.29) is 5.56 Å². The summed E-state index contributed by atoms with van der Waals surface area (Å²) in [5.41, 5.74) is -1.18. The summed E-state index contributed by atoms with van der Waals surface area (Å²) in [5, 5.41) is 10.4. The number of alkyl halides is 3. The highest BCUT2D eigenvalue weighted by atomic mass is 19.4. The molecule has 0 saturated heterocycles. The first-order chi connectivity index (χ1) is 9.79. The summed E-state index contributed by atoms with van der Waals surface area (Å²) in [5.74, 6) is 0. The van der Waals surface area contributed by atoms with Crippen LogP contribution in [0.5, 0.6) is 0 Å². The third-order valence-electron chi connectivity index (χ3n) is 3.17. The summed E-state index contributed by atoms with van der Waals surface area (Å²) >= 11 is 0. The van der Waals surface area contributed by atoms with Crippen LogP contribution in [-0.4, -0.2) is 5.11 Å². The van der Waals surface area contributed by atoms with Crippen LogP contribution in [0.25, 0.3) is 6.08 Å². The summed E-state index contributed by atoms with van der Waals surface area (Å²) in [4.78, 5) is 0. The van der Waals surface area contributed by atoms with Crippen molar-refractivity contribution in [1.29, 1.82) is 0 Å². The number of benzene rings is 2. The number of hydrogen-bond donors (Lipinski definition) is 1. The molecule has 0 spiro atoms. The molecule has 0 aliphatic heterocycles. The first-order valence-corrected chi connectivity index (χ1v) is 6.43. The molecule has 0 radical (unpaired) electrons. The zero-order chi connectivity index (χ0) is 15.5. The van der Waals surface area contributed by atoms with Crippen LogP contribution >= 0.6 is 0 Å². The Morgan fingerprint density at radius 1 is 0.905 bits per heavy atom. The van der Waals surface area contributed by atoms with Crippen LogP contribution in [0.4, 0.5) is 13.2 Å². The van der Waals surface area contributed by atoms with Gasteiger partial charge in [-0.1, -0.05) is 48.5 Å². The second kappa shape index (κ2) is 5.74. The third kappa shape index (κ3) is 3.95. The van der Waals surface area contributed by atoms with Crippen molar-refractivity contribution in [1.82, 2.24) is 0 Å². The molecule has 21 heavy (non-hydrogen) atoms. The predicted molar refractivity (Wildman–Crippen MR) is 76.5 cm³/mol. The number of aliphatic hydroxyl groups is 1. The maximum absolute atomic E-state index is 12.7. The van der Waals surface area contributed by atoms with Crippen molar-refractivity contribution in [2.24, 2.45) is 0 Å². The van der Waals surface area contributed by atoms with Gasteiger partial charge in [0.15, 0.2) is 0 Å². The summed E-state index contributed by atoms with van der Waals surface area (Å²) in [6.07, 6.45) is -1.26. The Morgan fingerprint density at radius 2 is 1.52 bits per heavy atom. The van der Waals surface area contributed by atoms with E-state index in [1.165, 1.54) is 25.1 Å². The molecule has 2 aromatic carbocycles. The molecule has 1 atom stereocenters. The van der Waals surface area contributed by atoms with Crippen molar-refractivity contribution in [2.75, 3.05) is 0 Å². The predicted octanol–water partition coefficient (Wildman–Crippen LogP) is 4.63. The zero-order valence-electron chi connectivity index (χ0n) is 11.4. The lowest BCUT2D eigenvalue weighted by Gasteiger charge is -2.21. The summed E-state index contributed by atoms with van der Waals surface area (Å²) in [6.45, 7) is 1.46. The van der Waals surface area contributed by atoms with Gasteiger partial charge >= 0.3 is 6.18 Å². The average Bonchev–Trinajstić information content (AvgIpc) is 2.46. The zero-order valence-corrected chi connectivity index (χ0v) is 11.4. The fraction of sp³-hybridized carbons (Fsp3) is 0.176. The van der Waals surface area contributed by atoms with Crippen molar-refractivity contribution in [2.45, 2.75) is 18.7 Å². The second-order valence-electron chi connectivity index (χ2n) is 4.97. The number of rotatable bonds is 3. The van der Waals surface area contributed by atoms with Crippen molar-refractivity contribution in [3.63, 3.8) is 0 Å². The van der Waals surface area contributed by atoms with Gasteiger partial charge in [-0.15, -0.1) is 0 Å². The van der Waals surface area contributed by atoms with Gasteiger partial charge < -0.3 is 5.11 Å². The fourth-order valence-corrected chi connectivity index (χ4v) is 1.93. The highest BCUT2D eigenvalue weighted by Crippen LogP contribution is 2.32. The van der Waals surface area contributed by atoms with Crippen LogP contribution in [0, 0.1) is 0 Å². The van der Waals surface area contributed by atoms with Crippen LogP contribution in [0.3, 0.4) is 0 Å². The summed E-state index contributed by atoms with van der Waals surface area (Å²) in [7, 11) is 0. The number of halogens is 3. The van der Waals surface area contributed by atoms with E-state index in [1.54, 1.807) is 6.08 Å². The monoisotopic (exact) mass is 292 g/mol.